The molecule has 0 fully saturated rings. The summed E-state index contributed by atoms with van der Waals surface area (Å²) in [6.07, 6.45) is 46.3. The number of hydrogen-bond donors (Lipinski definition) is 1. The van der Waals surface area contributed by atoms with Gasteiger partial charge in [0.25, 0.3) is 0 Å². The number of esters is 2. The lowest BCUT2D eigenvalue weighted by atomic mass is 10.1. The first kappa shape index (κ1) is 56.2. The van der Waals surface area contributed by atoms with Crippen molar-refractivity contribution < 1.29 is 42.1 Å². The molecule has 0 spiro atoms. The van der Waals surface area contributed by atoms with E-state index in [1.54, 1.807) is 0 Å². The van der Waals surface area contributed by atoms with Crippen molar-refractivity contribution >= 4 is 19.8 Å². The van der Waals surface area contributed by atoms with Gasteiger partial charge in [0.1, 0.15) is 19.8 Å². The number of phosphoric acid groups is 1. The maximum Gasteiger partial charge on any atom is 0.472 e. The Hall–Kier alpha value is -1.77. The normalized spacial score (nSPS) is 13.8. The highest BCUT2D eigenvalue weighted by Gasteiger charge is 2.27. The van der Waals surface area contributed by atoms with Crippen molar-refractivity contribution in [3.8, 4) is 0 Å². The summed E-state index contributed by atoms with van der Waals surface area (Å²) in [7, 11) is 1.45. The van der Waals surface area contributed by atoms with E-state index in [1.807, 2.05) is 21.1 Å². The molecular formula is C48H91NO8P+. The zero-order valence-electron chi connectivity index (χ0n) is 38.3. The molecule has 0 amide bonds. The number of hydrogen-bond acceptors (Lipinski definition) is 7. The first-order valence-corrected chi connectivity index (χ1v) is 25.2. The van der Waals surface area contributed by atoms with Crippen LogP contribution in [0.25, 0.3) is 0 Å². The summed E-state index contributed by atoms with van der Waals surface area (Å²) in [5.41, 5.74) is 0. The zero-order valence-corrected chi connectivity index (χ0v) is 39.2. The molecule has 0 aliphatic rings. The highest BCUT2D eigenvalue weighted by molar-refractivity contribution is 7.47. The van der Waals surface area contributed by atoms with Crippen LogP contribution >= 0.6 is 7.82 Å². The second-order valence-corrected chi connectivity index (χ2v) is 18.6. The van der Waals surface area contributed by atoms with Crippen molar-refractivity contribution in [3.63, 3.8) is 0 Å². The van der Waals surface area contributed by atoms with Crippen LogP contribution in [0.1, 0.15) is 206 Å². The van der Waals surface area contributed by atoms with Gasteiger partial charge in [0, 0.05) is 12.8 Å². The van der Waals surface area contributed by atoms with Crippen molar-refractivity contribution in [2.24, 2.45) is 0 Å². The Labute approximate surface area is 357 Å². The molecule has 0 saturated carbocycles. The van der Waals surface area contributed by atoms with E-state index in [0.29, 0.717) is 23.9 Å². The average molecular weight is 841 g/mol. The number of carbonyl (C=O) groups is 2. The fraction of sp³-hybridized carbons (Fsp3) is 0.833. The molecule has 1 N–H and O–H groups in total. The van der Waals surface area contributed by atoms with Gasteiger partial charge in [-0.1, -0.05) is 166 Å². The molecule has 58 heavy (non-hydrogen) atoms. The molecule has 0 heterocycles. The standard InChI is InChI=1S/C48H90NO8P/c1-6-8-10-12-14-16-18-20-22-24-26-28-30-32-34-36-38-40-47(50)54-44-46(45-56-58(52,53)55-43-42-49(3,4)5)57-48(51)41-39-37-35-33-31-29-27-25-23-21-19-17-15-13-11-9-7-2/h21,23,26,28,32,34,46H,6-20,22,24-25,27,29-31,33,35-45H2,1-5H3/p+1/b23-21+,28-26+,34-32+/t46-/m1/s1. The highest BCUT2D eigenvalue weighted by Crippen LogP contribution is 2.43. The first-order chi connectivity index (χ1) is 28.0. The monoisotopic (exact) mass is 841 g/mol. The summed E-state index contributed by atoms with van der Waals surface area (Å²) < 4.78 is 34.3. The number of unbranched alkanes of at least 4 members (excludes halogenated alkanes) is 23. The number of nitrogens with zero attached hydrogens (tertiary/aromatic N) is 1. The first-order valence-electron chi connectivity index (χ1n) is 23.7. The number of ether oxygens (including phenoxy) is 2. The Bertz CT molecular complexity index is 1090. The van der Waals surface area contributed by atoms with Crippen molar-refractivity contribution in [1.82, 2.24) is 0 Å². The van der Waals surface area contributed by atoms with Crippen LogP contribution in [0, 0.1) is 0 Å². The van der Waals surface area contributed by atoms with Gasteiger partial charge in [-0.25, -0.2) is 4.57 Å². The molecule has 0 aliphatic carbocycles. The van der Waals surface area contributed by atoms with E-state index in [9.17, 15) is 19.0 Å². The van der Waals surface area contributed by atoms with Gasteiger partial charge in [0.2, 0.25) is 0 Å². The van der Waals surface area contributed by atoms with Gasteiger partial charge in [-0.3, -0.25) is 18.6 Å². The van der Waals surface area contributed by atoms with Gasteiger partial charge in [0.05, 0.1) is 27.7 Å². The maximum absolute atomic E-state index is 12.7. The lowest BCUT2D eigenvalue weighted by molar-refractivity contribution is -0.870. The molecule has 340 valence electrons. The molecule has 0 saturated heterocycles. The Kier molecular flexibility index (Phi) is 39.4. The molecule has 0 radical (unpaired) electrons. The van der Waals surface area contributed by atoms with E-state index < -0.39 is 32.5 Å². The van der Waals surface area contributed by atoms with Crippen LogP contribution in [-0.2, 0) is 32.7 Å². The fourth-order valence-electron chi connectivity index (χ4n) is 6.40. The molecule has 1 unspecified atom stereocenters. The summed E-state index contributed by atoms with van der Waals surface area (Å²) >= 11 is 0. The summed E-state index contributed by atoms with van der Waals surface area (Å²) in [4.78, 5) is 35.4. The van der Waals surface area contributed by atoms with Gasteiger partial charge in [-0.2, -0.15) is 0 Å². The molecule has 10 heteroatoms. The van der Waals surface area contributed by atoms with Crippen LogP contribution in [0.3, 0.4) is 0 Å². The van der Waals surface area contributed by atoms with Crippen molar-refractivity contribution in [1.29, 1.82) is 0 Å². The molecular weight excluding hydrogens is 750 g/mol. The number of rotatable bonds is 43. The van der Waals surface area contributed by atoms with Crippen molar-refractivity contribution in [2.45, 2.75) is 213 Å². The molecule has 0 aromatic rings. The minimum atomic E-state index is -4.39. The smallest absolute Gasteiger partial charge is 0.462 e. The molecule has 2 atom stereocenters. The number of carbonyl (C=O) groups excluding carboxylic acids is 2. The van der Waals surface area contributed by atoms with E-state index in [2.05, 4.69) is 50.3 Å². The fourth-order valence-corrected chi connectivity index (χ4v) is 7.14. The second-order valence-electron chi connectivity index (χ2n) is 17.1. The Morgan fingerprint density at radius 1 is 0.534 bits per heavy atom. The van der Waals surface area contributed by atoms with E-state index in [-0.39, 0.29) is 26.1 Å². The Morgan fingerprint density at radius 3 is 1.43 bits per heavy atom. The quantitative estimate of drug-likeness (QED) is 0.0213. The van der Waals surface area contributed by atoms with Crippen LogP contribution in [-0.4, -0.2) is 74.9 Å². The lowest BCUT2D eigenvalue weighted by Crippen LogP contribution is -2.37. The van der Waals surface area contributed by atoms with Gasteiger partial charge in [-0.05, 0) is 64.2 Å². The summed E-state index contributed by atoms with van der Waals surface area (Å²) in [6, 6.07) is 0. The summed E-state index contributed by atoms with van der Waals surface area (Å²) in [5, 5.41) is 0. The summed E-state index contributed by atoms with van der Waals surface area (Å²) in [5.74, 6) is -0.852. The van der Waals surface area contributed by atoms with Crippen molar-refractivity contribution in [3.05, 3.63) is 36.5 Å². The third-order valence-electron chi connectivity index (χ3n) is 10.1. The molecule has 0 bridgehead atoms. The Morgan fingerprint density at radius 2 is 0.948 bits per heavy atom. The van der Waals surface area contributed by atoms with Gasteiger partial charge in [-0.15, -0.1) is 0 Å². The second kappa shape index (κ2) is 40.6. The largest absolute Gasteiger partial charge is 0.472 e. The van der Waals surface area contributed by atoms with Crippen LogP contribution in [0.4, 0.5) is 0 Å². The Balaban J connectivity index is 4.37. The SMILES string of the molecule is CCCCCCCC/C=C/CCCCCCCCCC(=O)O[C@H](COC(=O)CCC/C=C/C/C=C/CCCCCCCCCCC)COP(=O)(O)OCC[N+](C)(C)C. The van der Waals surface area contributed by atoms with Crippen LogP contribution in [0.2, 0.25) is 0 Å². The third-order valence-corrected chi connectivity index (χ3v) is 11.1. The average Bonchev–Trinajstić information content (AvgIpc) is 3.17. The minimum absolute atomic E-state index is 0.0250. The van der Waals surface area contributed by atoms with E-state index >= 15 is 0 Å². The minimum Gasteiger partial charge on any atom is -0.462 e. The number of allylic oxidation sites excluding steroid dienone is 6. The van der Waals surface area contributed by atoms with Gasteiger partial charge >= 0.3 is 19.8 Å². The molecule has 0 rings (SSSR count). The number of quaternary nitrogens is 1. The third kappa shape index (κ3) is 43.8. The van der Waals surface area contributed by atoms with Crippen molar-refractivity contribution in [2.75, 3.05) is 47.5 Å². The number of likely N-dealkylation sites (N-methyl/N-ethyl adjacent to an activating group) is 1. The van der Waals surface area contributed by atoms with E-state index in [0.717, 1.165) is 44.9 Å². The molecule has 0 aliphatic heterocycles. The van der Waals surface area contributed by atoms with Crippen LogP contribution < -0.4 is 0 Å². The highest BCUT2D eigenvalue weighted by atomic mass is 31.2. The predicted molar refractivity (Wildman–Crippen MR) is 243 cm³/mol. The molecule has 0 aromatic heterocycles. The van der Waals surface area contributed by atoms with Crippen LogP contribution in [0.5, 0.6) is 0 Å². The molecule has 0 aromatic carbocycles. The number of phosphoric ester groups is 1. The van der Waals surface area contributed by atoms with E-state index in [4.69, 9.17) is 18.5 Å². The predicted octanol–water partition coefficient (Wildman–Crippen LogP) is 13.7. The van der Waals surface area contributed by atoms with E-state index in [1.165, 1.54) is 122 Å². The molecule has 9 nitrogen and oxygen atoms in total. The zero-order chi connectivity index (χ0) is 42.8. The summed E-state index contributed by atoms with van der Waals surface area (Å²) in [6.45, 7) is 4.38. The van der Waals surface area contributed by atoms with Crippen LogP contribution in [0.15, 0.2) is 36.5 Å². The van der Waals surface area contributed by atoms with Gasteiger partial charge in [0.15, 0.2) is 6.10 Å². The van der Waals surface area contributed by atoms with Gasteiger partial charge < -0.3 is 18.9 Å². The topological polar surface area (TPSA) is 108 Å². The maximum atomic E-state index is 12.7. The lowest BCUT2D eigenvalue weighted by Gasteiger charge is -2.24.